The molecule has 0 unspecified atom stereocenters. The van der Waals surface area contributed by atoms with E-state index in [2.05, 4.69) is 35.1 Å². The molecule has 3 N–H and O–H groups in total. The number of benzene rings is 1. The highest BCUT2D eigenvalue weighted by Crippen LogP contribution is 2.46. The number of carboxylic acids is 1. The Morgan fingerprint density at radius 3 is 2.46 bits per heavy atom. The van der Waals surface area contributed by atoms with Gasteiger partial charge in [0.2, 0.25) is 5.90 Å². The Kier molecular flexibility index (Phi) is 7.23. The van der Waals surface area contributed by atoms with Crippen LogP contribution in [0.2, 0.25) is 0 Å². The van der Waals surface area contributed by atoms with E-state index in [1.807, 2.05) is 13.0 Å². The predicted molar refractivity (Wildman–Crippen MR) is 141 cm³/mol. The van der Waals surface area contributed by atoms with Gasteiger partial charge in [-0.2, -0.15) is 0 Å². The summed E-state index contributed by atoms with van der Waals surface area (Å²) in [4.78, 5) is 31.0. The third-order valence-corrected chi connectivity index (χ3v) is 7.11. The number of carboxylic acid groups (broad SMARTS) is 1. The summed E-state index contributed by atoms with van der Waals surface area (Å²) in [5.74, 6) is 4.35. The molecule has 2 aromatic rings. The molecule has 194 valence electrons. The number of nitrogens with zero attached hydrogens (tertiary/aromatic N) is 2. The van der Waals surface area contributed by atoms with Gasteiger partial charge in [-0.1, -0.05) is 12.0 Å². The van der Waals surface area contributed by atoms with Crippen molar-refractivity contribution in [1.29, 1.82) is 5.41 Å². The second kappa shape index (κ2) is 10.2. The van der Waals surface area contributed by atoms with E-state index in [4.69, 9.17) is 14.9 Å². The molecule has 0 atom stereocenters. The Balaban J connectivity index is 1.71. The first-order chi connectivity index (χ1) is 17.6. The fraction of sp³-hybridized carbons (Fsp3) is 0.429. The van der Waals surface area contributed by atoms with Crippen molar-refractivity contribution >= 4 is 35.0 Å². The number of aliphatic carboxylic acids is 1. The number of anilines is 3. The summed E-state index contributed by atoms with van der Waals surface area (Å²) < 4.78 is 10.9. The molecule has 9 heteroatoms. The molecule has 0 spiro atoms. The fourth-order valence-electron chi connectivity index (χ4n) is 4.60. The molecule has 2 aliphatic carbocycles. The molecule has 2 saturated carbocycles. The number of nitrogens with one attached hydrogen (secondary N) is 2. The molecule has 2 aliphatic rings. The van der Waals surface area contributed by atoms with Gasteiger partial charge in [-0.15, -0.1) is 0 Å². The number of hydrogen-bond acceptors (Lipinski definition) is 7. The number of rotatable bonds is 8. The Labute approximate surface area is 216 Å². The van der Waals surface area contributed by atoms with Crippen LogP contribution in [0.5, 0.6) is 0 Å². The molecule has 0 radical (unpaired) electrons. The molecular weight excluding hydrogens is 472 g/mol. The van der Waals surface area contributed by atoms with E-state index in [0.717, 1.165) is 35.2 Å². The largest absolute Gasteiger partial charge is 0.479 e. The quantitative estimate of drug-likeness (QED) is 0.278. The SMILES string of the molecule is CC#CC(=O)N(c1ccc(NC)c(C(=N)OC2CC(OC)(C(=O)O)C2)n1)c1cc(C)c(C)cc1C1CC1. The van der Waals surface area contributed by atoms with Gasteiger partial charge in [-0.05, 0) is 80.3 Å². The van der Waals surface area contributed by atoms with Gasteiger partial charge in [0.15, 0.2) is 5.60 Å². The topological polar surface area (TPSA) is 125 Å². The van der Waals surface area contributed by atoms with E-state index < -0.39 is 23.6 Å². The molecule has 1 heterocycles. The summed E-state index contributed by atoms with van der Waals surface area (Å²) in [6.45, 7) is 5.68. The van der Waals surface area contributed by atoms with Crippen LogP contribution in [0.3, 0.4) is 0 Å². The standard InChI is InChI=1S/C28H32N4O5/c1-6-7-24(33)32(22-13-17(3)16(2)12-20(22)18-8-9-18)23-11-10-21(30-4)25(31-23)26(29)37-19-14-28(15-19,36-5)27(34)35/h10-13,18-19,29-30H,8-9,14-15H2,1-5H3,(H,34,35). The van der Waals surface area contributed by atoms with E-state index in [1.54, 1.807) is 26.1 Å². The van der Waals surface area contributed by atoms with Crippen LogP contribution in [0.1, 0.15) is 60.9 Å². The molecule has 0 saturated heterocycles. The number of ether oxygens (including phenoxy) is 2. The zero-order chi connectivity index (χ0) is 26.9. The zero-order valence-corrected chi connectivity index (χ0v) is 21.8. The third kappa shape index (κ3) is 5.02. The number of hydrogen-bond donors (Lipinski definition) is 3. The van der Waals surface area contributed by atoms with Gasteiger partial charge in [-0.25, -0.2) is 9.78 Å². The van der Waals surface area contributed by atoms with Crippen LogP contribution in [-0.2, 0) is 19.1 Å². The van der Waals surface area contributed by atoms with Gasteiger partial charge < -0.3 is 19.9 Å². The van der Waals surface area contributed by atoms with E-state index in [1.165, 1.54) is 12.0 Å². The van der Waals surface area contributed by atoms with Crippen molar-refractivity contribution in [2.45, 2.75) is 64.1 Å². The Morgan fingerprint density at radius 2 is 1.89 bits per heavy atom. The molecule has 37 heavy (non-hydrogen) atoms. The highest BCUT2D eigenvalue weighted by atomic mass is 16.5. The van der Waals surface area contributed by atoms with Crippen molar-refractivity contribution in [1.82, 2.24) is 4.98 Å². The summed E-state index contributed by atoms with van der Waals surface area (Å²) in [7, 11) is 3.06. The highest BCUT2D eigenvalue weighted by molar-refractivity contribution is 6.11. The second-order valence-corrected chi connectivity index (χ2v) is 9.58. The van der Waals surface area contributed by atoms with Crippen LogP contribution in [0.25, 0.3) is 0 Å². The van der Waals surface area contributed by atoms with Crippen LogP contribution in [0.15, 0.2) is 24.3 Å². The van der Waals surface area contributed by atoms with E-state index in [-0.39, 0.29) is 24.4 Å². The lowest BCUT2D eigenvalue weighted by Crippen LogP contribution is -2.55. The maximum Gasteiger partial charge on any atom is 0.336 e. The molecule has 0 bridgehead atoms. The molecule has 1 aromatic carbocycles. The van der Waals surface area contributed by atoms with Gasteiger partial charge in [0, 0.05) is 27.0 Å². The number of carbonyl (C=O) groups is 2. The van der Waals surface area contributed by atoms with E-state index in [9.17, 15) is 14.7 Å². The van der Waals surface area contributed by atoms with Crippen molar-refractivity contribution in [2.75, 3.05) is 24.4 Å². The number of aromatic nitrogens is 1. The predicted octanol–water partition coefficient (Wildman–Crippen LogP) is 4.28. The van der Waals surface area contributed by atoms with Crippen molar-refractivity contribution in [2.24, 2.45) is 0 Å². The smallest absolute Gasteiger partial charge is 0.336 e. The minimum atomic E-state index is -1.30. The summed E-state index contributed by atoms with van der Waals surface area (Å²) in [6, 6.07) is 7.59. The zero-order valence-electron chi connectivity index (χ0n) is 21.8. The molecule has 2 fully saturated rings. The lowest BCUT2D eigenvalue weighted by molar-refractivity contribution is -0.187. The highest BCUT2D eigenvalue weighted by Gasteiger charge is 2.53. The monoisotopic (exact) mass is 504 g/mol. The number of amides is 1. The van der Waals surface area contributed by atoms with Crippen molar-refractivity contribution in [3.05, 3.63) is 46.6 Å². The van der Waals surface area contributed by atoms with Crippen molar-refractivity contribution in [3.63, 3.8) is 0 Å². The minimum absolute atomic E-state index is 0.125. The van der Waals surface area contributed by atoms with Crippen LogP contribution in [0.4, 0.5) is 17.2 Å². The lowest BCUT2D eigenvalue weighted by atomic mass is 9.77. The maximum atomic E-state index is 13.3. The number of methoxy groups -OCH3 is 1. The number of pyridine rings is 1. The first-order valence-electron chi connectivity index (χ1n) is 12.2. The average molecular weight is 505 g/mol. The van der Waals surface area contributed by atoms with Gasteiger partial charge in [-0.3, -0.25) is 15.1 Å². The van der Waals surface area contributed by atoms with E-state index >= 15 is 0 Å². The molecule has 4 rings (SSSR count). The Bertz CT molecular complexity index is 1320. The molecule has 9 nitrogen and oxygen atoms in total. The van der Waals surface area contributed by atoms with Crippen molar-refractivity contribution in [3.8, 4) is 11.8 Å². The first kappa shape index (κ1) is 26.2. The van der Waals surface area contributed by atoms with Gasteiger partial charge in [0.1, 0.15) is 17.6 Å². The lowest BCUT2D eigenvalue weighted by Gasteiger charge is -2.42. The summed E-state index contributed by atoms with van der Waals surface area (Å²) in [5.41, 5.74) is 3.49. The number of aryl methyl sites for hydroxylation is 2. The normalized spacial score (nSPS) is 20.2. The average Bonchev–Trinajstić information content (AvgIpc) is 3.68. The van der Waals surface area contributed by atoms with Gasteiger partial charge in [0.05, 0.1) is 11.4 Å². The molecular formula is C28H32N4O5. The summed E-state index contributed by atoms with van der Waals surface area (Å²) in [6.07, 6.45) is 1.88. The van der Waals surface area contributed by atoms with Crippen LogP contribution < -0.4 is 10.2 Å². The van der Waals surface area contributed by atoms with Crippen molar-refractivity contribution < 1.29 is 24.2 Å². The van der Waals surface area contributed by atoms with E-state index in [0.29, 0.717) is 17.4 Å². The summed E-state index contributed by atoms with van der Waals surface area (Å²) >= 11 is 0. The molecule has 0 aliphatic heterocycles. The first-order valence-corrected chi connectivity index (χ1v) is 12.2. The number of carbonyl (C=O) groups excluding carboxylic acids is 1. The fourth-order valence-corrected chi connectivity index (χ4v) is 4.60. The molecule has 1 amide bonds. The Morgan fingerprint density at radius 1 is 1.22 bits per heavy atom. The summed E-state index contributed by atoms with van der Waals surface area (Å²) in [5, 5.41) is 21.1. The van der Waals surface area contributed by atoms with Gasteiger partial charge in [0.25, 0.3) is 0 Å². The minimum Gasteiger partial charge on any atom is -0.479 e. The maximum absolute atomic E-state index is 13.3. The molecule has 1 aromatic heterocycles. The Hall–Kier alpha value is -3.90. The second-order valence-electron chi connectivity index (χ2n) is 9.58. The van der Waals surface area contributed by atoms with Crippen LogP contribution in [-0.4, -0.2) is 53.7 Å². The third-order valence-electron chi connectivity index (χ3n) is 7.11. The van der Waals surface area contributed by atoms with Gasteiger partial charge >= 0.3 is 11.9 Å². The van der Waals surface area contributed by atoms with Crippen LogP contribution in [0, 0.1) is 31.1 Å². The van der Waals surface area contributed by atoms with Crippen LogP contribution >= 0.6 is 0 Å².